The Morgan fingerprint density at radius 3 is 1.32 bits per heavy atom. The summed E-state index contributed by atoms with van der Waals surface area (Å²) in [5.74, 6) is 0. The van der Waals surface area contributed by atoms with Gasteiger partial charge in [-0.05, 0) is 48.2 Å². The van der Waals surface area contributed by atoms with Crippen molar-refractivity contribution in [3.05, 3.63) is 93.5 Å². The maximum Gasteiger partial charge on any atom is 0.169 e. The number of aryl methyl sites for hydroxylation is 2. The zero-order valence-corrected chi connectivity index (χ0v) is 17.7. The molecule has 3 rings (SSSR count). The SMILES string of the molecule is CC[n+]1ccc(/C=C/c2cc(Cl)c(/C=C/c3cc[n+](CC)cc3)cc2Cl)cc1. The Balaban J connectivity index is 1.77. The lowest BCUT2D eigenvalue weighted by Crippen LogP contribution is -2.30. The monoisotopic (exact) mass is 410 g/mol. The van der Waals surface area contributed by atoms with Gasteiger partial charge in [0.05, 0.1) is 0 Å². The van der Waals surface area contributed by atoms with Crippen molar-refractivity contribution in [3.8, 4) is 0 Å². The van der Waals surface area contributed by atoms with E-state index in [1.165, 1.54) is 0 Å². The first kappa shape index (κ1) is 20.3. The summed E-state index contributed by atoms with van der Waals surface area (Å²) < 4.78 is 4.24. The zero-order valence-electron chi connectivity index (χ0n) is 16.1. The van der Waals surface area contributed by atoms with Crippen LogP contribution in [0.25, 0.3) is 24.3 Å². The minimum Gasteiger partial charge on any atom is -0.205 e. The normalized spacial score (nSPS) is 11.6. The predicted octanol–water partition coefficient (Wildman–Crippen LogP) is 5.95. The molecule has 0 radical (unpaired) electrons. The van der Waals surface area contributed by atoms with E-state index >= 15 is 0 Å². The number of rotatable bonds is 6. The summed E-state index contributed by atoms with van der Waals surface area (Å²) in [6, 6.07) is 12.1. The van der Waals surface area contributed by atoms with Gasteiger partial charge in [0.1, 0.15) is 13.1 Å². The molecule has 0 unspecified atom stereocenters. The van der Waals surface area contributed by atoms with Crippen molar-refractivity contribution in [1.82, 2.24) is 0 Å². The second kappa shape index (κ2) is 9.68. The van der Waals surface area contributed by atoms with Crippen molar-refractivity contribution < 1.29 is 9.13 Å². The van der Waals surface area contributed by atoms with Gasteiger partial charge in [-0.15, -0.1) is 0 Å². The van der Waals surface area contributed by atoms with Crippen LogP contribution in [0.1, 0.15) is 36.1 Å². The third-order valence-corrected chi connectivity index (χ3v) is 5.25. The van der Waals surface area contributed by atoms with Gasteiger partial charge in [0.25, 0.3) is 0 Å². The first-order chi connectivity index (χ1) is 13.6. The minimum absolute atomic E-state index is 0.678. The van der Waals surface area contributed by atoms with Gasteiger partial charge in [0.2, 0.25) is 0 Å². The van der Waals surface area contributed by atoms with Crippen molar-refractivity contribution in [3.63, 3.8) is 0 Å². The second-order valence-corrected chi connectivity index (χ2v) is 7.30. The molecule has 28 heavy (non-hydrogen) atoms. The van der Waals surface area contributed by atoms with Crippen molar-refractivity contribution >= 4 is 47.5 Å². The van der Waals surface area contributed by atoms with Gasteiger partial charge < -0.3 is 0 Å². The van der Waals surface area contributed by atoms with E-state index in [1.54, 1.807) is 0 Å². The molecule has 0 aliphatic heterocycles. The molecule has 0 atom stereocenters. The Morgan fingerprint density at radius 1 is 0.643 bits per heavy atom. The van der Waals surface area contributed by atoms with Gasteiger partial charge in [-0.1, -0.05) is 47.5 Å². The highest BCUT2D eigenvalue weighted by Gasteiger charge is 2.04. The fraction of sp³-hybridized carbons (Fsp3) is 0.167. The van der Waals surface area contributed by atoms with Crippen LogP contribution in [0.15, 0.2) is 61.2 Å². The number of aromatic nitrogens is 2. The van der Waals surface area contributed by atoms with Crippen LogP contribution >= 0.6 is 23.2 Å². The summed E-state index contributed by atoms with van der Waals surface area (Å²) >= 11 is 13.0. The summed E-state index contributed by atoms with van der Waals surface area (Å²) in [5, 5.41) is 1.36. The number of halogens is 2. The number of hydrogen-bond donors (Lipinski definition) is 0. The number of pyridine rings is 2. The van der Waals surface area contributed by atoms with Gasteiger partial charge in [-0.3, -0.25) is 0 Å². The molecule has 2 aromatic heterocycles. The summed E-state index contributed by atoms with van der Waals surface area (Å²) in [6.07, 6.45) is 16.3. The molecular formula is C24H24Cl2N2+2. The molecule has 142 valence electrons. The molecule has 0 amide bonds. The summed E-state index contributed by atoms with van der Waals surface area (Å²) in [5.41, 5.74) is 4.04. The molecule has 0 saturated carbocycles. The molecule has 0 spiro atoms. The molecule has 1 aromatic carbocycles. The fourth-order valence-electron chi connectivity index (χ4n) is 2.79. The molecular weight excluding hydrogens is 387 g/mol. The third kappa shape index (κ3) is 5.31. The average molecular weight is 411 g/mol. The molecule has 0 aliphatic rings. The number of nitrogens with zero attached hydrogens (tertiary/aromatic N) is 2. The van der Waals surface area contributed by atoms with Crippen LogP contribution in [0, 0.1) is 0 Å². The molecule has 4 heteroatoms. The molecule has 2 heterocycles. The van der Waals surface area contributed by atoms with Crippen LogP contribution in [-0.4, -0.2) is 0 Å². The first-order valence-corrected chi connectivity index (χ1v) is 10.2. The second-order valence-electron chi connectivity index (χ2n) is 6.49. The first-order valence-electron chi connectivity index (χ1n) is 9.42. The number of hydrogen-bond acceptors (Lipinski definition) is 0. The van der Waals surface area contributed by atoms with Crippen molar-refractivity contribution in [1.29, 1.82) is 0 Å². The zero-order chi connectivity index (χ0) is 19.9. The molecule has 0 saturated heterocycles. The molecule has 0 bridgehead atoms. The topological polar surface area (TPSA) is 7.76 Å². The largest absolute Gasteiger partial charge is 0.205 e. The summed E-state index contributed by atoms with van der Waals surface area (Å²) in [6.45, 7) is 6.16. The highest BCUT2D eigenvalue weighted by Crippen LogP contribution is 2.28. The highest BCUT2D eigenvalue weighted by molar-refractivity contribution is 6.35. The lowest BCUT2D eigenvalue weighted by molar-refractivity contribution is -0.693. The van der Waals surface area contributed by atoms with E-state index in [-0.39, 0.29) is 0 Å². The van der Waals surface area contributed by atoms with E-state index < -0.39 is 0 Å². The van der Waals surface area contributed by atoms with Gasteiger partial charge in [0, 0.05) is 34.3 Å². The Hall–Kier alpha value is -2.42. The fourth-order valence-corrected chi connectivity index (χ4v) is 3.26. The van der Waals surface area contributed by atoms with E-state index in [2.05, 4.69) is 72.0 Å². The summed E-state index contributed by atoms with van der Waals surface area (Å²) in [4.78, 5) is 0. The number of benzene rings is 1. The van der Waals surface area contributed by atoms with Crippen molar-refractivity contribution in [2.45, 2.75) is 26.9 Å². The van der Waals surface area contributed by atoms with Crippen LogP contribution in [0.5, 0.6) is 0 Å². The van der Waals surface area contributed by atoms with Crippen LogP contribution < -0.4 is 9.13 Å². The van der Waals surface area contributed by atoms with E-state index in [9.17, 15) is 0 Å². The maximum atomic E-state index is 6.49. The average Bonchev–Trinajstić information content (AvgIpc) is 2.73. The predicted molar refractivity (Wildman–Crippen MR) is 119 cm³/mol. The van der Waals surface area contributed by atoms with Gasteiger partial charge >= 0.3 is 0 Å². The Bertz CT molecular complexity index is 905. The molecule has 2 nitrogen and oxygen atoms in total. The van der Waals surface area contributed by atoms with Gasteiger partial charge in [-0.25, -0.2) is 9.13 Å². The standard InChI is InChI=1S/C24H24Cl2N2/c1-3-27-13-9-19(10-14-27)5-7-21-17-24(26)22(18-23(21)25)8-6-20-11-15-28(4-2)16-12-20/h5-18H,3-4H2,1-2H3/q+2/b7-5+,8-6+. The molecule has 0 N–H and O–H groups in total. The Labute approximate surface area is 177 Å². The summed E-state index contributed by atoms with van der Waals surface area (Å²) in [7, 11) is 0. The van der Waals surface area contributed by atoms with Crippen LogP contribution in [-0.2, 0) is 13.1 Å². The smallest absolute Gasteiger partial charge is 0.169 e. The Kier molecular flexibility index (Phi) is 7.02. The third-order valence-electron chi connectivity index (χ3n) is 4.59. The molecule has 0 fully saturated rings. The van der Waals surface area contributed by atoms with E-state index in [1.807, 2.05) is 36.4 Å². The van der Waals surface area contributed by atoms with Crippen LogP contribution in [0.4, 0.5) is 0 Å². The van der Waals surface area contributed by atoms with Gasteiger partial charge in [0.15, 0.2) is 24.8 Å². The Morgan fingerprint density at radius 2 is 1.00 bits per heavy atom. The lowest BCUT2D eigenvalue weighted by atomic mass is 10.1. The van der Waals surface area contributed by atoms with Crippen molar-refractivity contribution in [2.75, 3.05) is 0 Å². The van der Waals surface area contributed by atoms with Crippen molar-refractivity contribution in [2.24, 2.45) is 0 Å². The quantitative estimate of drug-likeness (QED) is 0.443. The highest BCUT2D eigenvalue weighted by atomic mass is 35.5. The molecule has 0 aliphatic carbocycles. The van der Waals surface area contributed by atoms with E-state index in [0.717, 1.165) is 35.3 Å². The van der Waals surface area contributed by atoms with Gasteiger partial charge in [-0.2, -0.15) is 0 Å². The van der Waals surface area contributed by atoms with Crippen LogP contribution in [0.3, 0.4) is 0 Å². The molecule has 3 aromatic rings. The van der Waals surface area contributed by atoms with E-state index in [4.69, 9.17) is 23.2 Å². The van der Waals surface area contributed by atoms with Crippen LogP contribution in [0.2, 0.25) is 10.0 Å². The minimum atomic E-state index is 0.678. The lowest BCUT2D eigenvalue weighted by Gasteiger charge is -2.04. The van der Waals surface area contributed by atoms with E-state index in [0.29, 0.717) is 10.0 Å². The maximum absolute atomic E-state index is 6.49.